The van der Waals surface area contributed by atoms with Crippen LogP contribution < -0.4 is 10.2 Å². The number of carbonyl (C=O) groups excluding carboxylic acids is 2. The molecule has 49 heavy (non-hydrogen) atoms. The largest absolute Gasteiger partial charge is 2.00 e. The Morgan fingerprint density at radius 2 is 0.918 bits per heavy atom. The Morgan fingerprint density at radius 1 is 0.612 bits per heavy atom. The molecule has 9 heteroatoms. The number of hydrogen-bond donors (Lipinski definition) is 2. The van der Waals surface area contributed by atoms with Gasteiger partial charge in [-0.15, -0.1) is 0 Å². The second-order valence-electron chi connectivity index (χ2n) is 11.8. The van der Waals surface area contributed by atoms with Crippen LogP contribution in [0.15, 0.2) is 58.5 Å². The first-order valence-corrected chi connectivity index (χ1v) is 17.2. The first-order chi connectivity index (χ1) is 23.0. The topological polar surface area (TPSA) is 145 Å². The summed E-state index contributed by atoms with van der Waals surface area (Å²) in [6.45, 7) is 10.7. The normalized spacial score (nSPS) is 10.6. The van der Waals surface area contributed by atoms with Gasteiger partial charge in [-0.25, -0.2) is 0 Å². The molecule has 3 aromatic carbocycles. The number of phenolic OH excluding ortho intramolecular Hbond substituents is 2. The number of para-hydroxylation sites is 2. The second-order valence-corrected chi connectivity index (χ2v) is 11.8. The summed E-state index contributed by atoms with van der Waals surface area (Å²) in [7, 11) is 0. The minimum atomic E-state index is -1.08. The van der Waals surface area contributed by atoms with Crippen LogP contribution in [0.5, 0.6) is 11.5 Å². The monoisotopic (exact) mass is 717 g/mol. The molecule has 0 aliphatic rings. The van der Waals surface area contributed by atoms with Gasteiger partial charge in [-0.1, -0.05) is 77.6 Å². The van der Waals surface area contributed by atoms with Gasteiger partial charge in [0, 0.05) is 35.5 Å². The number of hydrogen-bond acceptors (Lipinski definition) is 8. The average Bonchev–Trinajstić information content (AvgIpc) is 3.04. The molecule has 269 valence electrons. The number of unbranched alkanes of at least 4 members (excludes halogenated alkanes) is 4. The number of aryl methyl sites for hydroxylation is 4. The van der Waals surface area contributed by atoms with Crippen LogP contribution in [0.2, 0.25) is 0 Å². The molecule has 0 heterocycles. The zero-order valence-electron chi connectivity index (χ0n) is 30.0. The number of aromatic hydroxyl groups is 2. The molecule has 0 aromatic heterocycles. The number of carboxylic acid groups (broad SMARTS) is 2. The van der Waals surface area contributed by atoms with E-state index in [2.05, 4.69) is 52.0 Å². The quantitative estimate of drug-likeness (QED) is 0.147. The van der Waals surface area contributed by atoms with Crippen molar-refractivity contribution in [2.45, 2.75) is 119 Å². The van der Waals surface area contributed by atoms with Gasteiger partial charge in [0.05, 0.1) is 11.4 Å². The van der Waals surface area contributed by atoms with Crippen LogP contribution in [-0.2, 0) is 52.1 Å². The Labute approximate surface area is 303 Å². The average molecular weight is 718 g/mol. The smallest absolute Gasteiger partial charge is 0.550 e. The van der Waals surface area contributed by atoms with Crippen LogP contribution in [-0.4, -0.2) is 34.6 Å². The molecule has 0 unspecified atom stereocenters. The number of aliphatic carboxylic acids is 2. The Hall–Kier alpha value is -3.95. The molecule has 0 saturated carbocycles. The van der Waals surface area contributed by atoms with Crippen molar-refractivity contribution in [1.82, 2.24) is 0 Å². The molecule has 0 saturated heterocycles. The number of phenols is 2. The predicted octanol–water partition coefficient (Wildman–Crippen LogP) is 7.48. The van der Waals surface area contributed by atoms with E-state index < -0.39 is 11.9 Å². The number of carboxylic acids is 2. The first-order valence-electron chi connectivity index (χ1n) is 17.2. The van der Waals surface area contributed by atoms with Crippen molar-refractivity contribution in [1.29, 1.82) is 0 Å². The van der Waals surface area contributed by atoms with Gasteiger partial charge in [0.1, 0.15) is 11.5 Å². The summed E-state index contributed by atoms with van der Waals surface area (Å²) in [4.78, 5) is 27.3. The Balaban J connectivity index is 0.00000230. The molecule has 0 bridgehead atoms. The van der Waals surface area contributed by atoms with Crippen LogP contribution in [0.4, 0.5) is 11.4 Å². The van der Waals surface area contributed by atoms with Gasteiger partial charge >= 0.3 is 16.8 Å². The maximum atomic E-state index is 11.0. The minimum absolute atomic E-state index is 0. The van der Waals surface area contributed by atoms with E-state index in [4.69, 9.17) is 29.8 Å². The molecule has 0 aliphatic heterocycles. The first kappa shape index (κ1) is 45.0. The molecule has 1 radical (unpaired) electrons. The molecule has 3 rings (SSSR count). The maximum absolute atomic E-state index is 11.0. The van der Waals surface area contributed by atoms with Gasteiger partial charge in [-0.05, 0) is 112 Å². The van der Waals surface area contributed by atoms with Crippen LogP contribution in [0.25, 0.3) is 0 Å². The minimum Gasteiger partial charge on any atom is -0.550 e. The van der Waals surface area contributed by atoms with E-state index >= 15 is 0 Å². The van der Waals surface area contributed by atoms with Crippen molar-refractivity contribution in [3.63, 3.8) is 0 Å². The van der Waals surface area contributed by atoms with Crippen molar-refractivity contribution >= 4 is 35.7 Å². The summed E-state index contributed by atoms with van der Waals surface area (Å²) < 4.78 is 0. The molecule has 2 N–H and O–H groups in total. The van der Waals surface area contributed by atoms with E-state index in [1.165, 1.54) is 11.1 Å². The fourth-order valence-corrected chi connectivity index (χ4v) is 4.90. The summed E-state index contributed by atoms with van der Waals surface area (Å²) in [6.07, 6.45) is 16.0. The fourth-order valence-electron chi connectivity index (χ4n) is 4.90. The number of carbonyl (C=O) groups is 2. The van der Waals surface area contributed by atoms with Crippen LogP contribution in [0.3, 0.4) is 0 Å². The van der Waals surface area contributed by atoms with E-state index in [9.17, 15) is 10.2 Å². The summed E-state index contributed by atoms with van der Waals surface area (Å²) in [5, 5.41) is 39.8. The summed E-state index contributed by atoms with van der Waals surface area (Å²) in [5.74, 6) is -1.52. The van der Waals surface area contributed by atoms with Crippen molar-refractivity contribution in [3.05, 3.63) is 81.9 Å². The summed E-state index contributed by atoms with van der Waals surface area (Å²) in [5.41, 5.74) is 7.44. The molecular weight excluding hydrogens is 663 g/mol. The molecule has 8 nitrogen and oxygen atoms in total. The van der Waals surface area contributed by atoms with Gasteiger partial charge < -0.3 is 30.0 Å². The molecule has 0 spiro atoms. The van der Waals surface area contributed by atoms with Gasteiger partial charge in [0.15, 0.2) is 0 Å². The van der Waals surface area contributed by atoms with Crippen LogP contribution in [0.1, 0.15) is 126 Å². The molecule has 0 fully saturated rings. The fraction of sp³-hybridized carbons (Fsp3) is 0.450. The molecule has 0 amide bonds. The predicted molar refractivity (Wildman–Crippen MR) is 193 cm³/mol. The SMILES string of the molecule is CC(=O)[O-].CC(=O)[O-].CCCCc1cc(C=Nc2ccccc2N=Cc2cc(CCCC)cc(CCCC)c2O)c(O)c(CCCC)c1.[Co+2]. The van der Waals surface area contributed by atoms with Crippen LogP contribution in [0, 0.1) is 0 Å². The van der Waals surface area contributed by atoms with Crippen molar-refractivity contribution in [2.75, 3.05) is 0 Å². The third-order valence-electron chi connectivity index (χ3n) is 7.36. The van der Waals surface area contributed by atoms with Crippen molar-refractivity contribution in [3.8, 4) is 11.5 Å². The van der Waals surface area contributed by atoms with Crippen molar-refractivity contribution in [2.24, 2.45) is 9.98 Å². The summed E-state index contributed by atoms with van der Waals surface area (Å²) >= 11 is 0. The standard InChI is InChI=1S/C36H48N2O2.2C2H4O2.Co/c1-5-9-15-27-21-29(17-11-7-3)35(39)31(23-27)25-37-33-19-13-14-20-34(33)38-26-32-24-28(16-10-6-2)22-30(36(32)40)18-12-8-4;2*1-2(3)4;/h13-14,19-26,39-40H,5-12,15-18H2,1-4H3;2*1H3,(H,3,4);/q;;;+2/p-2. The number of rotatable bonds is 16. The van der Waals surface area contributed by atoms with E-state index in [-0.39, 0.29) is 16.8 Å². The van der Waals surface area contributed by atoms with Gasteiger partial charge in [0.2, 0.25) is 0 Å². The van der Waals surface area contributed by atoms with Gasteiger partial charge in [-0.3, -0.25) is 9.98 Å². The zero-order chi connectivity index (χ0) is 35.9. The van der Waals surface area contributed by atoms with Crippen LogP contribution >= 0.6 is 0 Å². The van der Waals surface area contributed by atoms with E-state index in [1.807, 2.05) is 24.3 Å². The Morgan fingerprint density at radius 3 is 1.22 bits per heavy atom. The van der Waals surface area contributed by atoms with E-state index in [0.717, 1.165) is 125 Å². The number of aliphatic imine (C=N–C) groups is 2. The number of nitrogens with zero attached hydrogens (tertiary/aromatic N) is 2. The van der Waals surface area contributed by atoms with E-state index in [0.29, 0.717) is 11.5 Å². The second kappa shape index (κ2) is 26.0. The molecule has 3 aromatic rings. The maximum Gasteiger partial charge on any atom is 2.00 e. The Bertz CT molecular complexity index is 1370. The zero-order valence-corrected chi connectivity index (χ0v) is 31.1. The molecule has 0 aliphatic carbocycles. The van der Waals surface area contributed by atoms with E-state index in [1.54, 1.807) is 12.4 Å². The van der Waals surface area contributed by atoms with Gasteiger partial charge in [-0.2, -0.15) is 0 Å². The number of benzene rings is 3. The third-order valence-corrected chi connectivity index (χ3v) is 7.36. The molecule has 0 atom stereocenters. The van der Waals surface area contributed by atoms with Gasteiger partial charge in [0.25, 0.3) is 0 Å². The molecular formula is C40H54CoN2O6. The third kappa shape index (κ3) is 18.4. The van der Waals surface area contributed by atoms with Crippen molar-refractivity contribution < 1.29 is 46.8 Å². The summed E-state index contributed by atoms with van der Waals surface area (Å²) in [6, 6.07) is 16.2. The Kier molecular flexibility index (Phi) is 23.9.